The first-order valence-corrected chi connectivity index (χ1v) is 7.66. The van der Waals surface area contributed by atoms with Crippen LogP contribution in [0.3, 0.4) is 0 Å². The third-order valence-corrected chi connectivity index (χ3v) is 4.09. The van der Waals surface area contributed by atoms with E-state index in [1.807, 2.05) is 18.2 Å². The predicted octanol–water partition coefficient (Wildman–Crippen LogP) is 5.52. The molecule has 2 rings (SSSR count). The molecule has 20 heavy (non-hydrogen) atoms. The van der Waals surface area contributed by atoms with Gasteiger partial charge in [0.25, 0.3) is 0 Å². The van der Waals surface area contributed by atoms with E-state index in [-0.39, 0.29) is 6.04 Å². The minimum absolute atomic E-state index is 0.0263. The summed E-state index contributed by atoms with van der Waals surface area (Å²) in [6.07, 6.45) is 1.73. The highest BCUT2D eigenvalue weighted by Crippen LogP contribution is 2.30. The summed E-state index contributed by atoms with van der Waals surface area (Å²) in [7, 11) is 0. The molecule has 2 nitrogen and oxygen atoms in total. The van der Waals surface area contributed by atoms with E-state index >= 15 is 0 Å². The van der Waals surface area contributed by atoms with Gasteiger partial charge in [-0.05, 0) is 54.7 Å². The zero-order valence-corrected chi connectivity index (χ0v) is 13.4. The van der Waals surface area contributed by atoms with Crippen molar-refractivity contribution in [2.45, 2.75) is 25.8 Å². The fraction of sp³-hybridized carbons (Fsp3) is 0.333. The van der Waals surface area contributed by atoms with Crippen molar-refractivity contribution < 1.29 is 4.42 Å². The number of nitrogens with one attached hydrogen (secondary N) is 1. The molecule has 1 unspecified atom stereocenters. The van der Waals surface area contributed by atoms with Crippen LogP contribution in [0.5, 0.6) is 0 Å². The summed E-state index contributed by atoms with van der Waals surface area (Å²) in [4.78, 5) is 0. The third kappa shape index (κ3) is 3.92. The largest absolute Gasteiger partial charge is 0.448 e. The SMILES string of the molecule is CCCNC(Cc1cccc(Cl)c1Cl)c1ccc(Cl)o1. The Morgan fingerprint density at radius 2 is 1.95 bits per heavy atom. The summed E-state index contributed by atoms with van der Waals surface area (Å²) >= 11 is 18.2. The van der Waals surface area contributed by atoms with Crippen LogP contribution >= 0.6 is 34.8 Å². The lowest BCUT2D eigenvalue weighted by Gasteiger charge is -2.17. The van der Waals surface area contributed by atoms with Crippen LogP contribution in [-0.2, 0) is 6.42 Å². The standard InChI is InChI=1S/C15H16Cl3NO/c1-2-8-19-12(13-6-7-14(17)20-13)9-10-4-3-5-11(16)15(10)18/h3-7,12,19H,2,8-9H2,1H3. The van der Waals surface area contributed by atoms with Crippen molar-refractivity contribution in [1.82, 2.24) is 5.32 Å². The summed E-state index contributed by atoms with van der Waals surface area (Å²) in [5.74, 6) is 0.805. The molecule has 0 bridgehead atoms. The van der Waals surface area contributed by atoms with Crippen molar-refractivity contribution >= 4 is 34.8 Å². The van der Waals surface area contributed by atoms with Gasteiger partial charge in [-0.3, -0.25) is 0 Å². The molecular formula is C15H16Cl3NO. The minimum atomic E-state index is 0.0263. The van der Waals surface area contributed by atoms with Gasteiger partial charge in [-0.15, -0.1) is 0 Å². The Labute approximate surface area is 134 Å². The van der Waals surface area contributed by atoms with Gasteiger partial charge in [-0.25, -0.2) is 0 Å². The average molecular weight is 333 g/mol. The molecule has 5 heteroatoms. The number of hydrogen-bond donors (Lipinski definition) is 1. The van der Waals surface area contributed by atoms with Gasteiger partial charge in [-0.1, -0.05) is 42.3 Å². The second-order valence-corrected chi connectivity index (χ2v) is 5.72. The van der Waals surface area contributed by atoms with E-state index in [0.717, 1.165) is 24.3 Å². The molecule has 0 aliphatic rings. The average Bonchev–Trinajstić information content (AvgIpc) is 2.86. The van der Waals surface area contributed by atoms with Crippen molar-refractivity contribution in [3.8, 4) is 0 Å². The molecule has 0 spiro atoms. The maximum atomic E-state index is 6.25. The molecule has 108 valence electrons. The third-order valence-electron chi connectivity index (χ3n) is 3.03. The second kappa shape index (κ2) is 7.37. The highest BCUT2D eigenvalue weighted by atomic mass is 35.5. The molecule has 0 fully saturated rings. The number of benzene rings is 1. The van der Waals surface area contributed by atoms with Crippen LogP contribution in [0.15, 0.2) is 34.7 Å². The van der Waals surface area contributed by atoms with Gasteiger partial charge in [0, 0.05) is 0 Å². The molecule has 1 N–H and O–H groups in total. The van der Waals surface area contributed by atoms with E-state index < -0.39 is 0 Å². The second-order valence-electron chi connectivity index (χ2n) is 4.57. The smallest absolute Gasteiger partial charge is 0.193 e. The van der Waals surface area contributed by atoms with Crippen molar-refractivity contribution in [2.75, 3.05) is 6.54 Å². The van der Waals surface area contributed by atoms with Crippen LogP contribution in [0.4, 0.5) is 0 Å². The number of rotatable bonds is 6. The first-order valence-electron chi connectivity index (χ1n) is 6.53. The Bertz CT molecular complexity index is 568. The Hall–Kier alpha value is -0.670. The van der Waals surface area contributed by atoms with E-state index in [4.69, 9.17) is 39.2 Å². The summed E-state index contributed by atoms with van der Waals surface area (Å²) in [5, 5.41) is 4.99. The van der Waals surface area contributed by atoms with Crippen molar-refractivity contribution in [2.24, 2.45) is 0 Å². The predicted molar refractivity (Wildman–Crippen MR) is 84.9 cm³/mol. The molecule has 0 aliphatic carbocycles. The topological polar surface area (TPSA) is 25.2 Å². The fourth-order valence-electron chi connectivity index (χ4n) is 2.03. The van der Waals surface area contributed by atoms with Gasteiger partial charge in [-0.2, -0.15) is 0 Å². The van der Waals surface area contributed by atoms with Gasteiger partial charge in [0.2, 0.25) is 0 Å². The Morgan fingerprint density at radius 3 is 2.60 bits per heavy atom. The van der Waals surface area contributed by atoms with Gasteiger partial charge >= 0.3 is 0 Å². The number of furan rings is 1. The van der Waals surface area contributed by atoms with Crippen molar-refractivity contribution in [3.63, 3.8) is 0 Å². The van der Waals surface area contributed by atoms with Gasteiger partial charge < -0.3 is 9.73 Å². The van der Waals surface area contributed by atoms with Gasteiger partial charge in [0.15, 0.2) is 5.22 Å². The molecule has 0 saturated heterocycles. The number of halogens is 3. The highest BCUT2D eigenvalue weighted by molar-refractivity contribution is 6.42. The lowest BCUT2D eigenvalue weighted by molar-refractivity contribution is 0.411. The minimum Gasteiger partial charge on any atom is -0.448 e. The highest BCUT2D eigenvalue weighted by Gasteiger charge is 2.17. The quantitative estimate of drug-likeness (QED) is 0.753. The molecule has 1 heterocycles. The van der Waals surface area contributed by atoms with Gasteiger partial charge in [0.1, 0.15) is 5.76 Å². The molecule has 0 amide bonds. The first kappa shape index (κ1) is 15.7. The maximum Gasteiger partial charge on any atom is 0.193 e. The van der Waals surface area contributed by atoms with Crippen LogP contribution in [-0.4, -0.2) is 6.54 Å². The van der Waals surface area contributed by atoms with E-state index in [9.17, 15) is 0 Å². The summed E-state index contributed by atoms with van der Waals surface area (Å²) in [5.41, 5.74) is 0.986. The summed E-state index contributed by atoms with van der Waals surface area (Å²) < 4.78 is 5.51. The zero-order valence-electron chi connectivity index (χ0n) is 11.1. The fourth-order valence-corrected chi connectivity index (χ4v) is 2.58. The molecule has 1 aromatic carbocycles. The maximum absolute atomic E-state index is 6.25. The molecule has 0 aliphatic heterocycles. The van der Waals surface area contributed by atoms with Crippen LogP contribution in [0.1, 0.15) is 30.7 Å². The van der Waals surface area contributed by atoms with Crippen molar-refractivity contribution in [3.05, 3.63) is 56.9 Å². The van der Waals surface area contributed by atoms with Crippen LogP contribution < -0.4 is 5.32 Å². The Balaban J connectivity index is 2.21. The Morgan fingerprint density at radius 1 is 1.15 bits per heavy atom. The molecular weight excluding hydrogens is 317 g/mol. The molecule has 0 radical (unpaired) electrons. The van der Waals surface area contributed by atoms with Crippen molar-refractivity contribution in [1.29, 1.82) is 0 Å². The summed E-state index contributed by atoms with van der Waals surface area (Å²) in [6.45, 7) is 3.01. The molecule has 2 aromatic rings. The van der Waals surface area contributed by atoms with Crippen LogP contribution in [0, 0.1) is 0 Å². The van der Waals surface area contributed by atoms with E-state index in [0.29, 0.717) is 21.7 Å². The zero-order chi connectivity index (χ0) is 14.5. The lowest BCUT2D eigenvalue weighted by atomic mass is 10.0. The van der Waals surface area contributed by atoms with Crippen LogP contribution in [0.2, 0.25) is 15.3 Å². The lowest BCUT2D eigenvalue weighted by Crippen LogP contribution is -2.23. The first-order chi connectivity index (χ1) is 9.61. The van der Waals surface area contributed by atoms with E-state index in [2.05, 4.69) is 12.2 Å². The molecule has 0 saturated carbocycles. The van der Waals surface area contributed by atoms with E-state index in [1.165, 1.54) is 0 Å². The monoisotopic (exact) mass is 331 g/mol. The van der Waals surface area contributed by atoms with Gasteiger partial charge in [0.05, 0.1) is 16.1 Å². The van der Waals surface area contributed by atoms with E-state index in [1.54, 1.807) is 12.1 Å². The van der Waals surface area contributed by atoms with Crippen LogP contribution in [0.25, 0.3) is 0 Å². The number of hydrogen-bond acceptors (Lipinski definition) is 2. The normalized spacial score (nSPS) is 12.6. The molecule has 1 aromatic heterocycles. The summed E-state index contributed by atoms with van der Waals surface area (Å²) in [6, 6.07) is 9.31. The Kier molecular flexibility index (Phi) is 5.79. The molecule has 1 atom stereocenters.